The summed E-state index contributed by atoms with van der Waals surface area (Å²) in [5.41, 5.74) is 0. The SMILES string of the molecule is O=C(Cl)N1CCN(C(F)(F)F)CC1. The lowest BCUT2D eigenvalue weighted by Crippen LogP contribution is -2.52. The molecule has 0 aliphatic carbocycles. The first-order valence-corrected chi connectivity index (χ1v) is 4.05. The Kier molecular flexibility index (Phi) is 3.02. The molecule has 76 valence electrons. The van der Waals surface area contributed by atoms with Crippen molar-refractivity contribution in [1.82, 2.24) is 9.80 Å². The number of rotatable bonds is 0. The highest BCUT2D eigenvalue weighted by molar-refractivity contribution is 6.62. The summed E-state index contributed by atoms with van der Waals surface area (Å²) >= 11 is 5.11. The molecule has 1 aliphatic heterocycles. The summed E-state index contributed by atoms with van der Waals surface area (Å²) in [5.74, 6) is 0. The molecule has 1 heterocycles. The number of hydrogen-bond donors (Lipinski definition) is 0. The molecule has 1 fully saturated rings. The molecule has 0 spiro atoms. The molecule has 1 aliphatic rings. The van der Waals surface area contributed by atoms with Gasteiger partial charge >= 0.3 is 11.7 Å². The molecule has 1 saturated heterocycles. The third-order valence-corrected chi connectivity index (χ3v) is 2.13. The summed E-state index contributed by atoms with van der Waals surface area (Å²) in [6.07, 6.45) is -4.30. The van der Waals surface area contributed by atoms with Gasteiger partial charge in [0.15, 0.2) is 0 Å². The monoisotopic (exact) mass is 216 g/mol. The van der Waals surface area contributed by atoms with Gasteiger partial charge in [-0.3, -0.25) is 4.79 Å². The summed E-state index contributed by atoms with van der Waals surface area (Å²) in [7, 11) is 0. The van der Waals surface area contributed by atoms with E-state index < -0.39 is 11.7 Å². The minimum atomic E-state index is -4.30. The predicted molar refractivity (Wildman–Crippen MR) is 40.5 cm³/mol. The highest BCUT2D eigenvalue weighted by Gasteiger charge is 2.39. The van der Waals surface area contributed by atoms with Crippen LogP contribution in [0.2, 0.25) is 0 Å². The molecule has 0 N–H and O–H groups in total. The third kappa shape index (κ3) is 2.73. The first-order chi connectivity index (χ1) is 5.91. The Morgan fingerprint density at radius 1 is 1.15 bits per heavy atom. The van der Waals surface area contributed by atoms with Crippen molar-refractivity contribution in [2.45, 2.75) is 6.30 Å². The van der Waals surface area contributed by atoms with Gasteiger partial charge in [-0.15, -0.1) is 0 Å². The molecule has 0 radical (unpaired) electrons. The van der Waals surface area contributed by atoms with Crippen molar-refractivity contribution in [3.05, 3.63) is 0 Å². The number of amides is 1. The Balaban J connectivity index is 2.44. The van der Waals surface area contributed by atoms with Gasteiger partial charge in [0, 0.05) is 26.2 Å². The first-order valence-electron chi connectivity index (χ1n) is 3.67. The van der Waals surface area contributed by atoms with Gasteiger partial charge in [0.25, 0.3) is 0 Å². The van der Waals surface area contributed by atoms with Crippen LogP contribution < -0.4 is 0 Å². The Morgan fingerprint density at radius 2 is 1.62 bits per heavy atom. The lowest BCUT2D eigenvalue weighted by molar-refractivity contribution is -0.250. The highest BCUT2D eigenvalue weighted by atomic mass is 35.5. The molecule has 0 aromatic carbocycles. The van der Waals surface area contributed by atoms with E-state index in [1.807, 2.05) is 0 Å². The second-order valence-electron chi connectivity index (χ2n) is 2.69. The van der Waals surface area contributed by atoms with Crippen molar-refractivity contribution in [3.8, 4) is 0 Å². The van der Waals surface area contributed by atoms with E-state index >= 15 is 0 Å². The number of carbonyl (C=O) groups excluding carboxylic acids is 1. The van der Waals surface area contributed by atoms with Gasteiger partial charge in [0.2, 0.25) is 0 Å². The molecule has 3 nitrogen and oxygen atoms in total. The van der Waals surface area contributed by atoms with Gasteiger partial charge in [-0.2, -0.15) is 13.2 Å². The molecule has 13 heavy (non-hydrogen) atoms. The minimum Gasteiger partial charge on any atom is -0.327 e. The number of nitrogens with zero attached hydrogens (tertiary/aromatic N) is 2. The second-order valence-corrected chi connectivity index (χ2v) is 3.02. The predicted octanol–water partition coefficient (Wildman–Crippen LogP) is 1.48. The average molecular weight is 217 g/mol. The molecule has 0 atom stereocenters. The van der Waals surface area contributed by atoms with Crippen molar-refractivity contribution < 1.29 is 18.0 Å². The maximum absolute atomic E-state index is 12.1. The van der Waals surface area contributed by atoms with Crippen LogP contribution in [0, 0.1) is 0 Å². The van der Waals surface area contributed by atoms with Crippen molar-refractivity contribution in [1.29, 1.82) is 0 Å². The summed E-state index contributed by atoms with van der Waals surface area (Å²) in [4.78, 5) is 12.1. The van der Waals surface area contributed by atoms with Crippen molar-refractivity contribution in [2.24, 2.45) is 0 Å². The minimum absolute atomic E-state index is 0.0296. The van der Waals surface area contributed by atoms with Gasteiger partial charge in [0.05, 0.1) is 0 Å². The Morgan fingerprint density at radius 3 is 1.92 bits per heavy atom. The average Bonchev–Trinajstić information content (AvgIpc) is 2.03. The van der Waals surface area contributed by atoms with E-state index in [-0.39, 0.29) is 26.2 Å². The molecule has 7 heteroatoms. The topological polar surface area (TPSA) is 23.6 Å². The molecule has 1 rings (SSSR count). The zero-order valence-corrected chi connectivity index (χ0v) is 7.40. The maximum Gasteiger partial charge on any atom is 0.460 e. The van der Waals surface area contributed by atoms with E-state index in [9.17, 15) is 18.0 Å². The first kappa shape index (κ1) is 10.6. The Labute approximate surface area is 78.0 Å². The van der Waals surface area contributed by atoms with Crippen molar-refractivity contribution in [2.75, 3.05) is 26.2 Å². The van der Waals surface area contributed by atoms with Crippen LogP contribution in [0.5, 0.6) is 0 Å². The number of alkyl halides is 3. The molecule has 0 unspecified atom stereocenters. The maximum atomic E-state index is 12.1. The lowest BCUT2D eigenvalue weighted by Gasteiger charge is -2.34. The van der Waals surface area contributed by atoms with Gasteiger partial charge in [-0.1, -0.05) is 0 Å². The van der Waals surface area contributed by atoms with Crippen LogP contribution in [-0.2, 0) is 0 Å². The summed E-state index contributed by atoms with van der Waals surface area (Å²) < 4.78 is 36.2. The fourth-order valence-electron chi connectivity index (χ4n) is 1.14. The molecule has 0 saturated carbocycles. The standard InChI is InChI=1S/C6H8ClF3N2O/c7-5(13)11-1-3-12(4-2-11)6(8,9)10/h1-4H2. The normalized spacial score (nSPS) is 20.5. The van der Waals surface area contributed by atoms with Crippen LogP contribution in [0.15, 0.2) is 0 Å². The Bertz CT molecular complexity index is 201. The van der Waals surface area contributed by atoms with Crippen LogP contribution in [0.1, 0.15) is 0 Å². The van der Waals surface area contributed by atoms with Gasteiger partial charge in [-0.05, 0) is 11.6 Å². The highest BCUT2D eigenvalue weighted by Crippen LogP contribution is 2.22. The summed E-state index contributed by atoms with van der Waals surface area (Å²) in [5, 5.41) is -0.693. The van der Waals surface area contributed by atoms with E-state index in [0.29, 0.717) is 4.90 Å². The van der Waals surface area contributed by atoms with Crippen molar-refractivity contribution in [3.63, 3.8) is 0 Å². The number of halogens is 4. The smallest absolute Gasteiger partial charge is 0.327 e. The van der Waals surface area contributed by atoms with Crippen LogP contribution in [0.25, 0.3) is 0 Å². The number of carbonyl (C=O) groups is 1. The van der Waals surface area contributed by atoms with E-state index in [1.54, 1.807) is 0 Å². The van der Waals surface area contributed by atoms with Crippen LogP contribution in [-0.4, -0.2) is 47.6 Å². The Hall–Kier alpha value is -0.490. The van der Waals surface area contributed by atoms with Gasteiger partial charge in [0.1, 0.15) is 0 Å². The number of piperazine rings is 1. The molecule has 0 aromatic rings. The molecule has 0 aromatic heterocycles. The lowest BCUT2D eigenvalue weighted by atomic mass is 10.3. The fraction of sp³-hybridized carbons (Fsp3) is 0.833. The van der Waals surface area contributed by atoms with Crippen molar-refractivity contribution >= 4 is 17.0 Å². The van der Waals surface area contributed by atoms with Crippen LogP contribution in [0.4, 0.5) is 18.0 Å². The zero-order valence-electron chi connectivity index (χ0n) is 6.64. The molecular formula is C6H8ClF3N2O. The van der Waals surface area contributed by atoms with Gasteiger partial charge < -0.3 is 4.90 Å². The second kappa shape index (κ2) is 3.71. The van der Waals surface area contributed by atoms with E-state index in [4.69, 9.17) is 11.6 Å². The third-order valence-electron chi connectivity index (χ3n) is 1.89. The molecule has 1 amide bonds. The largest absolute Gasteiger partial charge is 0.460 e. The van der Waals surface area contributed by atoms with Crippen LogP contribution in [0.3, 0.4) is 0 Å². The van der Waals surface area contributed by atoms with E-state index in [0.717, 1.165) is 0 Å². The number of hydrogen-bond acceptors (Lipinski definition) is 2. The molecular weight excluding hydrogens is 209 g/mol. The van der Waals surface area contributed by atoms with Crippen LogP contribution >= 0.6 is 11.6 Å². The zero-order chi connectivity index (χ0) is 10.1. The fourth-order valence-corrected chi connectivity index (χ4v) is 1.30. The quantitative estimate of drug-likeness (QED) is 0.452. The molecule has 0 bridgehead atoms. The summed E-state index contributed by atoms with van der Waals surface area (Å²) in [6.45, 7) is -0.354. The van der Waals surface area contributed by atoms with Gasteiger partial charge in [-0.25, -0.2) is 4.90 Å². The summed E-state index contributed by atoms with van der Waals surface area (Å²) in [6, 6.07) is 0. The van der Waals surface area contributed by atoms with E-state index in [1.165, 1.54) is 4.90 Å². The van der Waals surface area contributed by atoms with E-state index in [2.05, 4.69) is 0 Å².